The molecule has 0 saturated carbocycles. The maximum atomic E-state index is 3.60. The normalized spacial score (nSPS) is 13.2. The van der Waals surface area contributed by atoms with Crippen molar-refractivity contribution in [2.45, 2.75) is 19.9 Å². The van der Waals surface area contributed by atoms with Gasteiger partial charge in [-0.3, -0.25) is 0 Å². The molecule has 0 radical (unpaired) electrons. The molecule has 2 heteroatoms. The molecule has 60 valence electrons. The van der Waals surface area contributed by atoms with E-state index in [2.05, 4.69) is 37.7 Å². The van der Waals surface area contributed by atoms with Crippen molar-refractivity contribution in [3.8, 4) is 0 Å². The van der Waals surface area contributed by atoms with Gasteiger partial charge >= 0.3 is 0 Å². The first-order valence-electron chi connectivity index (χ1n) is 3.76. The smallest absolute Gasteiger partial charge is 0.0354 e. The van der Waals surface area contributed by atoms with Crippen LogP contribution in [0.5, 0.6) is 0 Å². The molecular weight excluding hydrogens is 124 g/mol. The molecule has 0 saturated heterocycles. The SMILES string of the molecule is C=CNC(C)CN(C)CC. The Balaban J connectivity index is 3.35. The van der Waals surface area contributed by atoms with E-state index in [0.29, 0.717) is 6.04 Å². The van der Waals surface area contributed by atoms with Gasteiger partial charge in [0.1, 0.15) is 0 Å². The van der Waals surface area contributed by atoms with Crippen LogP contribution in [0.4, 0.5) is 0 Å². The fourth-order valence-corrected chi connectivity index (χ4v) is 0.850. The van der Waals surface area contributed by atoms with Crippen LogP contribution in [0.25, 0.3) is 0 Å². The van der Waals surface area contributed by atoms with E-state index in [1.165, 1.54) is 0 Å². The van der Waals surface area contributed by atoms with E-state index in [1.54, 1.807) is 6.20 Å². The Kier molecular flexibility index (Phi) is 5.03. The molecule has 0 aromatic carbocycles. The molecule has 1 N–H and O–H groups in total. The average Bonchev–Trinajstić information content (AvgIpc) is 1.88. The first-order valence-corrected chi connectivity index (χ1v) is 3.76. The highest BCUT2D eigenvalue weighted by atomic mass is 15.1. The summed E-state index contributed by atoms with van der Waals surface area (Å²) in [5.74, 6) is 0. The first kappa shape index (κ1) is 9.50. The third kappa shape index (κ3) is 4.39. The predicted molar refractivity (Wildman–Crippen MR) is 46.0 cm³/mol. The number of hydrogen-bond acceptors (Lipinski definition) is 2. The summed E-state index contributed by atoms with van der Waals surface area (Å²) in [7, 11) is 2.11. The minimum absolute atomic E-state index is 0.502. The summed E-state index contributed by atoms with van der Waals surface area (Å²) in [5.41, 5.74) is 0. The lowest BCUT2D eigenvalue weighted by Crippen LogP contribution is -2.34. The van der Waals surface area contributed by atoms with E-state index in [0.717, 1.165) is 13.1 Å². The van der Waals surface area contributed by atoms with E-state index in [9.17, 15) is 0 Å². The second kappa shape index (κ2) is 5.30. The third-order valence-corrected chi connectivity index (χ3v) is 1.53. The van der Waals surface area contributed by atoms with Crippen LogP contribution in [0, 0.1) is 0 Å². The maximum absolute atomic E-state index is 3.60. The van der Waals surface area contributed by atoms with Gasteiger partial charge in [0.25, 0.3) is 0 Å². The molecule has 0 bridgehead atoms. The molecule has 0 aliphatic heterocycles. The van der Waals surface area contributed by atoms with Crippen molar-refractivity contribution in [2.24, 2.45) is 0 Å². The van der Waals surface area contributed by atoms with Crippen LogP contribution in [0.1, 0.15) is 13.8 Å². The number of likely N-dealkylation sites (N-methyl/N-ethyl adjacent to an activating group) is 1. The molecule has 1 unspecified atom stereocenters. The number of nitrogens with zero attached hydrogens (tertiary/aromatic N) is 1. The molecule has 0 fully saturated rings. The highest BCUT2D eigenvalue weighted by molar-refractivity contribution is 4.72. The fourth-order valence-electron chi connectivity index (χ4n) is 0.850. The number of rotatable bonds is 5. The summed E-state index contributed by atoms with van der Waals surface area (Å²) >= 11 is 0. The Bertz CT molecular complexity index is 91.3. The van der Waals surface area contributed by atoms with Crippen LogP contribution in [0.15, 0.2) is 12.8 Å². The van der Waals surface area contributed by atoms with Gasteiger partial charge in [0.15, 0.2) is 0 Å². The van der Waals surface area contributed by atoms with E-state index >= 15 is 0 Å². The zero-order valence-corrected chi connectivity index (χ0v) is 7.22. The molecule has 10 heavy (non-hydrogen) atoms. The van der Waals surface area contributed by atoms with Gasteiger partial charge < -0.3 is 10.2 Å². The lowest BCUT2D eigenvalue weighted by Gasteiger charge is -2.19. The van der Waals surface area contributed by atoms with Crippen LogP contribution in [0.2, 0.25) is 0 Å². The zero-order chi connectivity index (χ0) is 7.98. The Morgan fingerprint density at radius 2 is 2.30 bits per heavy atom. The van der Waals surface area contributed by atoms with Crippen molar-refractivity contribution in [3.05, 3.63) is 12.8 Å². The number of hydrogen-bond donors (Lipinski definition) is 1. The second-order valence-electron chi connectivity index (χ2n) is 2.63. The molecule has 0 heterocycles. The van der Waals surface area contributed by atoms with Crippen LogP contribution in [-0.2, 0) is 0 Å². The van der Waals surface area contributed by atoms with E-state index < -0.39 is 0 Å². The fraction of sp³-hybridized carbons (Fsp3) is 0.750. The lowest BCUT2D eigenvalue weighted by atomic mass is 10.3. The average molecular weight is 142 g/mol. The van der Waals surface area contributed by atoms with Crippen molar-refractivity contribution in [1.29, 1.82) is 0 Å². The van der Waals surface area contributed by atoms with E-state index in [-0.39, 0.29) is 0 Å². The summed E-state index contributed by atoms with van der Waals surface area (Å²) < 4.78 is 0. The minimum Gasteiger partial charge on any atom is -0.388 e. The molecule has 0 aromatic rings. The van der Waals surface area contributed by atoms with Crippen LogP contribution in [-0.4, -0.2) is 31.1 Å². The minimum atomic E-state index is 0.502. The van der Waals surface area contributed by atoms with E-state index in [4.69, 9.17) is 0 Å². The molecule has 2 nitrogen and oxygen atoms in total. The van der Waals surface area contributed by atoms with E-state index in [1.807, 2.05) is 0 Å². The Hall–Kier alpha value is -0.500. The van der Waals surface area contributed by atoms with Gasteiger partial charge in [-0.25, -0.2) is 0 Å². The summed E-state index contributed by atoms with van der Waals surface area (Å²) in [6, 6.07) is 0.502. The largest absolute Gasteiger partial charge is 0.388 e. The molecule has 1 atom stereocenters. The molecular formula is C8H18N2. The molecule has 0 aromatic heterocycles. The summed E-state index contributed by atoms with van der Waals surface area (Å²) in [6.07, 6.45) is 1.74. The molecule has 0 amide bonds. The second-order valence-corrected chi connectivity index (χ2v) is 2.63. The first-order chi connectivity index (χ1) is 4.70. The highest BCUT2D eigenvalue weighted by Gasteiger charge is 2.00. The topological polar surface area (TPSA) is 15.3 Å². The Labute approximate surface area is 63.9 Å². The van der Waals surface area contributed by atoms with Gasteiger partial charge in [0, 0.05) is 12.6 Å². The molecule has 0 rings (SSSR count). The van der Waals surface area contributed by atoms with Gasteiger partial charge in [-0.1, -0.05) is 13.5 Å². The lowest BCUT2D eigenvalue weighted by molar-refractivity contribution is 0.321. The standard InChI is InChI=1S/C8H18N2/c1-5-9-8(3)7-10(4)6-2/h5,8-9H,1,6-7H2,2-4H3. The quantitative estimate of drug-likeness (QED) is 0.617. The Morgan fingerprint density at radius 1 is 1.70 bits per heavy atom. The zero-order valence-electron chi connectivity index (χ0n) is 7.22. The highest BCUT2D eigenvalue weighted by Crippen LogP contribution is 1.86. The molecule has 0 aliphatic carbocycles. The van der Waals surface area contributed by atoms with Gasteiger partial charge in [-0.05, 0) is 26.7 Å². The third-order valence-electron chi connectivity index (χ3n) is 1.53. The van der Waals surface area contributed by atoms with Gasteiger partial charge in [0.2, 0.25) is 0 Å². The van der Waals surface area contributed by atoms with Crippen LogP contribution in [0.3, 0.4) is 0 Å². The van der Waals surface area contributed by atoms with Crippen molar-refractivity contribution >= 4 is 0 Å². The summed E-state index contributed by atoms with van der Waals surface area (Å²) in [4.78, 5) is 2.27. The summed E-state index contributed by atoms with van der Waals surface area (Å²) in [5, 5.41) is 3.13. The van der Waals surface area contributed by atoms with Gasteiger partial charge in [-0.2, -0.15) is 0 Å². The van der Waals surface area contributed by atoms with Gasteiger partial charge in [0.05, 0.1) is 0 Å². The summed E-state index contributed by atoms with van der Waals surface area (Å²) in [6.45, 7) is 10.1. The van der Waals surface area contributed by atoms with Crippen LogP contribution >= 0.6 is 0 Å². The number of nitrogens with one attached hydrogen (secondary N) is 1. The monoisotopic (exact) mass is 142 g/mol. The van der Waals surface area contributed by atoms with Crippen molar-refractivity contribution < 1.29 is 0 Å². The predicted octanol–water partition coefficient (Wildman–Crippen LogP) is 1.06. The Morgan fingerprint density at radius 3 is 2.70 bits per heavy atom. The molecule has 0 spiro atoms. The van der Waals surface area contributed by atoms with Crippen molar-refractivity contribution in [1.82, 2.24) is 10.2 Å². The molecule has 0 aliphatic rings. The maximum Gasteiger partial charge on any atom is 0.0354 e. The van der Waals surface area contributed by atoms with Crippen LogP contribution < -0.4 is 5.32 Å². The van der Waals surface area contributed by atoms with Gasteiger partial charge in [-0.15, -0.1) is 0 Å². The van der Waals surface area contributed by atoms with Crippen molar-refractivity contribution in [2.75, 3.05) is 20.1 Å². The van der Waals surface area contributed by atoms with Crippen molar-refractivity contribution in [3.63, 3.8) is 0 Å².